The van der Waals surface area contributed by atoms with Gasteiger partial charge in [-0.15, -0.1) is 0 Å². The quantitative estimate of drug-likeness (QED) is 0.802. The first kappa shape index (κ1) is 12.0. The van der Waals surface area contributed by atoms with Crippen LogP contribution in [-0.4, -0.2) is 28.9 Å². The van der Waals surface area contributed by atoms with E-state index >= 15 is 0 Å². The zero-order valence-corrected chi connectivity index (χ0v) is 11.4. The molecule has 4 heteroatoms. The molecule has 0 N–H and O–H groups in total. The van der Waals surface area contributed by atoms with Crippen LogP contribution in [0.4, 0.5) is 0 Å². The van der Waals surface area contributed by atoms with E-state index in [1.54, 1.807) is 0 Å². The van der Waals surface area contributed by atoms with E-state index in [4.69, 9.17) is 9.47 Å². The fourth-order valence-electron chi connectivity index (χ4n) is 2.72. The molecule has 0 saturated carbocycles. The molecule has 2 aliphatic heterocycles. The molecule has 0 bridgehead atoms. The van der Waals surface area contributed by atoms with Gasteiger partial charge in [0.1, 0.15) is 24.3 Å². The minimum absolute atomic E-state index is 0.300. The van der Waals surface area contributed by atoms with E-state index in [-0.39, 0.29) is 0 Å². The van der Waals surface area contributed by atoms with Crippen molar-refractivity contribution in [3.8, 4) is 17.1 Å². The molecule has 4 rings (SSSR count). The van der Waals surface area contributed by atoms with Crippen LogP contribution in [0.1, 0.15) is 18.5 Å². The van der Waals surface area contributed by atoms with E-state index in [0.717, 1.165) is 36.7 Å². The number of rotatable bonds is 4. The molecule has 4 nitrogen and oxygen atoms in total. The number of aromatic nitrogens is 2. The van der Waals surface area contributed by atoms with Crippen molar-refractivity contribution in [2.45, 2.75) is 31.9 Å². The summed E-state index contributed by atoms with van der Waals surface area (Å²) < 4.78 is 13.1. The molecule has 1 unspecified atom stereocenters. The van der Waals surface area contributed by atoms with Crippen LogP contribution in [0.15, 0.2) is 30.5 Å². The fraction of sp³-hybridized carbons (Fsp3) is 0.438. The molecule has 1 fully saturated rings. The Kier molecular flexibility index (Phi) is 2.96. The van der Waals surface area contributed by atoms with Crippen molar-refractivity contribution in [1.29, 1.82) is 0 Å². The summed E-state index contributed by atoms with van der Waals surface area (Å²) in [7, 11) is 0. The average Bonchev–Trinajstić information content (AvgIpc) is 3.23. The molecular weight excluding hydrogens is 252 g/mol. The number of imidazole rings is 1. The summed E-state index contributed by atoms with van der Waals surface area (Å²) in [5.41, 5.74) is 2.52. The van der Waals surface area contributed by atoms with Crippen LogP contribution in [0.3, 0.4) is 0 Å². The minimum Gasteiger partial charge on any atom is -0.491 e. The molecule has 1 aromatic carbocycles. The Morgan fingerprint density at radius 3 is 2.90 bits per heavy atom. The van der Waals surface area contributed by atoms with Gasteiger partial charge < -0.3 is 14.0 Å². The number of hydrogen-bond acceptors (Lipinski definition) is 3. The third kappa shape index (κ3) is 2.31. The number of epoxide rings is 1. The highest BCUT2D eigenvalue weighted by molar-refractivity contribution is 5.57. The van der Waals surface area contributed by atoms with Gasteiger partial charge in [-0.3, -0.25) is 0 Å². The largest absolute Gasteiger partial charge is 0.491 e. The SMILES string of the molecule is c1cc(-c2ncc3n2CCCC3)ccc1OCC1CO1. The molecule has 0 amide bonds. The van der Waals surface area contributed by atoms with Crippen LogP contribution in [0.2, 0.25) is 0 Å². The Labute approximate surface area is 118 Å². The second kappa shape index (κ2) is 4.94. The van der Waals surface area contributed by atoms with Gasteiger partial charge in [0.15, 0.2) is 0 Å². The third-order valence-corrected chi connectivity index (χ3v) is 3.95. The van der Waals surface area contributed by atoms with Gasteiger partial charge in [0.25, 0.3) is 0 Å². The van der Waals surface area contributed by atoms with E-state index in [0.29, 0.717) is 12.7 Å². The van der Waals surface area contributed by atoms with Crippen molar-refractivity contribution in [1.82, 2.24) is 9.55 Å². The maximum absolute atomic E-state index is 5.66. The summed E-state index contributed by atoms with van der Waals surface area (Å²) in [4.78, 5) is 4.58. The first-order chi connectivity index (χ1) is 9.90. The van der Waals surface area contributed by atoms with Crippen molar-refractivity contribution in [2.24, 2.45) is 0 Å². The molecular formula is C16H18N2O2. The third-order valence-electron chi connectivity index (χ3n) is 3.95. The maximum Gasteiger partial charge on any atom is 0.140 e. The lowest BCUT2D eigenvalue weighted by Gasteiger charge is -2.16. The van der Waals surface area contributed by atoms with E-state index in [2.05, 4.69) is 21.7 Å². The first-order valence-electron chi connectivity index (χ1n) is 7.29. The van der Waals surface area contributed by atoms with Crippen molar-refractivity contribution in [3.63, 3.8) is 0 Å². The van der Waals surface area contributed by atoms with Gasteiger partial charge in [0.2, 0.25) is 0 Å². The normalized spacial score (nSPS) is 20.5. The predicted octanol–water partition coefficient (Wildman–Crippen LogP) is 2.66. The molecule has 0 aliphatic carbocycles. The van der Waals surface area contributed by atoms with Crippen LogP contribution >= 0.6 is 0 Å². The molecule has 0 spiro atoms. The van der Waals surface area contributed by atoms with Gasteiger partial charge in [0, 0.05) is 24.0 Å². The molecule has 0 radical (unpaired) electrons. The molecule has 104 valence electrons. The van der Waals surface area contributed by atoms with Crippen LogP contribution < -0.4 is 4.74 Å². The topological polar surface area (TPSA) is 39.6 Å². The lowest BCUT2D eigenvalue weighted by atomic mass is 10.1. The molecule has 1 saturated heterocycles. The summed E-state index contributed by atoms with van der Waals surface area (Å²) in [6.07, 6.45) is 5.99. The average molecular weight is 270 g/mol. The Morgan fingerprint density at radius 1 is 1.25 bits per heavy atom. The summed E-state index contributed by atoms with van der Waals surface area (Å²) in [6, 6.07) is 8.21. The second-order valence-corrected chi connectivity index (χ2v) is 5.47. The first-order valence-corrected chi connectivity index (χ1v) is 7.29. The lowest BCUT2D eigenvalue weighted by molar-refractivity contribution is 0.263. The van der Waals surface area contributed by atoms with E-state index in [9.17, 15) is 0 Å². The highest BCUT2D eigenvalue weighted by atomic mass is 16.6. The Morgan fingerprint density at radius 2 is 2.10 bits per heavy atom. The standard InChI is InChI=1S/C16H18N2O2/c1-2-8-18-13(3-1)9-17-16(18)12-4-6-14(7-5-12)19-10-15-11-20-15/h4-7,9,15H,1-3,8,10-11H2. The van der Waals surface area contributed by atoms with Crippen LogP contribution in [0.25, 0.3) is 11.4 Å². The Bertz CT molecular complexity index is 599. The summed E-state index contributed by atoms with van der Waals surface area (Å²) in [6.45, 7) is 2.57. The van der Waals surface area contributed by atoms with Gasteiger partial charge >= 0.3 is 0 Å². The smallest absolute Gasteiger partial charge is 0.140 e. The van der Waals surface area contributed by atoms with Gasteiger partial charge in [-0.1, -0.05) is 0 Å². The number of fused-ring (bicyclic) bond motifs is 1. The summed E-state index contributed by atoms with van der Waals surface area (Å²) >= 11 is 0. The molecule has 2 aliphatic rings. The van der Waals surface area contributed by atoms with Crippen LogP contribution in [0, 0.1) is 0 Å². The highest BCUT2D eigenvalue weighted by Crippen LogP contribution is 2.26. The highest BCUT2D eigenvalue weighted by Gasteiger charge is 2.23. The van der Waals surface area contributed by atoms with Crippen LogP contribution in [0.5, 0.6) is 5.75 Å². The lowest BCUT2D eigenvalue weighted by Crippen LogP contribution is -2.10. The summed E-state index contributed by atoms with van der Waals surface area (Å²) in [5, 5.41) is 0. The maximum atomic E-state index is 5.66. The molecule has 2 aromatic rings. The van der Waals surface area contributed by atoms with Crippen molar-refractivity contribution in [2.75, 3.05) is 13.2 Å². The monoisotopic (exact) mass is 270 g/mol. The van der Waals surface area contributed by atoms with Crippen molar-refractivity contribution < 1.29 is 9.47 Å². The number of aryl methyl sites for hydroxylation is 1. The minimum atomic E-state index is 0.300. The Hall–Kier alpha value is -1.81. The predicted molar refractivity (Wildman–Crippen MR) is 75.8 cm³/mol. The number of ether oxygens (including phenoxy) is 2. The fourth-order valence-corrected chi connectivity index (χ4v) is 2.72. The van der Waals surface area contributed by atoms with Crippen molar-refractivity contribution in [3.05, 3.63) is 36.2 Å². The second-order valence-electron chi connectivity index (χ2n) is 5.47. The van der Waals surface area contributed by atoms with E-state index < -0.39 is 0 Å². The zero-order valence-electron chi connectivity index (χ0n) is 11.4. The zero-order chi connectivity index (χ0) is 13.4. The molecule has 3 heterocycles. The van der Waals surface area contributed by atoms with Gasteiger partial charge in [0.05, 0.1) is 6.61 Å². The van der Waals surface area contributed by atoms with E-state index in [1.165, 1.54) is 18.5 Å². The number of hydrogen-bond donors (Lipinski definition) is 0. The summed E-state index contributed by atoms with van der Waals surface area (Å²) in [5.74, 6) is 1.98. The van der Waals surface area contributed by atoms with Crippen molar-refractivity contribution >= 4 is 0 Å². The molecule has 1 atom stereocenters. The van der Waals surface area contributed by atoms with Crippen LogP contribution in [-0.2, 0) is 17.7 Å². The molecule has 1 aromatic heterocycles. The van der Waals surface area contributed by atoms with Gasteiger partial charge in [-0.25, -0.2) is 4.98 Å². The number of benzene rings is 1. The van der Waals surface area contributed by atoms with Gasteiger partial charge in [-0.2, -0.15) is 0 Å². The Balaban J connectivity index is 1.54. The molecule has 20 heavy (non-hydrogen) atoms. The number of nitrogens with zero attached hydrogens (tertiary/aromatic N) is 2. The van der Waals surface area contributed by atoms with Gasteiger partial charge in [-0.05, 0) is 43.5 Å². The van der Waals surface area contributed by atoms with E-state index in [1.807, 2.05) is 18.3 Å².